The molecule has 0 bridgehead atoms. The van der Waals surface area contributed by atoms with Crippen molar-refractivity contribution in [2.75, 3.05) is 17.6 Å². The number of aryl methyl sites for hydroxylation is 2. The maximum atomic E-state index is 12.2. The minimum absolute atomic E-state index is 0.0497. The normalized spacial score (nSPS) is 11.5. The summed E-state index contributed by atoms with van der Waals surface area (Å²) in [6.07, 6.45) is 0.410. The molecule has 140 valence electrons. The predicted octanol–water partition coefficient (Wildman–Crippen LogP) is 3.22. The number of carbonyl (C=O) groups excluding carboxylic acids is 1. The molecule has 0 aliphatic rings. The largest absolute Gasteiger partial charge is 0.324 e. The molecule has 0 saturated heterocycles. The first-order valence-corrected chi connectivity index (χ1v) is 10.3. The van der Waals surface area contributed by atoms with Crippen molar-refractivity contribution in [2.45, 2.75) is 33.1 Å². The highest BCUT2D eigenvalue weighted by Crippen LogP contribution is 2.27. The molecule has 0 aliphatic carbocycles. The monoisotopic (exact) mass is 374 g/mol. The van der Waals surface area contributed by atoms with E-state index < -0.39 is 10.0 Å². The molecular weight excluding hydrogens is 348 g/mol. The molecule has 0 spiro atoms. The van der Waals surface area contributed by atoms with Crippen LogP contribution in [0.1, 0.15) is 36.5 Å². The summed E-state index contributed by atoms with van der Waals surface area (Å²) >= 11 is 0. The molecule has 0 atom stereocenters. The van der Waals surface area contributed by atoms with Crippen LogP contribution >= 0.6 is 0 Å². The molecule has 0 saturated carbocycles. The highest BCUT2D eigenvalue weighted by atomic mass is 32.2. The average molecular weight is 375 g/mol. The number of anilines is 1. The molecule has 0 radical (unpaired) electrons. The van der Waals surface area contributed by atoms with Crippen LogP contribution in [0.4, 0.5) is 5.69 Å². The van der Waals surface area contributed by atoms with Crippen LogP contribution in [-0.2, 0) is 21.2 Å². The minimum atomic E-state index is -3.51. The lowest BCUT2D eigenvalue weighted by molar-refractivity contribution is -0.115. The van der Waals surface area contributed by atoms with Crippen LogP contribution < -0.4 is 10.0 Å². The fourth-order valence-electron chi connectivity index (χ4n) is 2.67. The number of para-hydroxylation sites is 1. The zero-order valence-electron chi connectivity index (χ0n) is 15.5. The molecule has 1 amide bonds. The second-order valence-corrected chi connectivity index (χ2v) is 8.54. The first kappa shape index (κ1) is 20.1. The van der Waals surface area contributed by atoms with E-state index in [1.54, 1.807) is 0 Å². The van der Waals surface area contributed by atoms with Gasteiger partial charge in [-0.3, -0.25) is 4.79 Å². The van der Waals surface area contributed by atoms with Crippen molar-refractivity contribution in [3.05, 3.63) is 65.2 Å². The molecule has 2 N–H and O–H groups in total. The Morgan fingerprint density at radius 3 is 2.38 bits per heavy atom. The van der Waals surface area contributed by atoms with Gasteiger partial charge in [-0.2, -0.15) is 0 Å². The van der Waals surface area contributed by atoms with Crippen molar-refractivity contribution >= 4 is 21.6 Å². The van der Waals surface area contributed by atoms with Crippen molar-refractivity contribution in [1.29, 1.82) is 0 Å². The van der Waals surface area contributed by atoms with E-state index in [0.29, 0.717) is 6.42 Å². The summed E-state index contributed by atoms with van der Waals surface area (Å²) in [5, 5.41) is 2.84. The lowest BCUT2D eigenvalue weighted by atomic mass is 9.98. The van der Waals surface area contributed by atoms with Gasteiger partial charge in [-0.05, 0) is 36.0 Å². The third-order valence-corrected chi connectivity index (χ3v) is 5.47. The molecule has 26 heavy (non-hydrogen) atoms. The van der Waals surface area contributed by atoms with Crippen molar-refractivity contribution in [3.63, 3.8) is 0 Å². The van der Waals surface area contributed by atoms with Gasteiger partial charge in [0.2, 0.25) is 15.9 Å². The first-order chi connectivity index (χ1) is 12.3. The quantitative estimate of drug-likeness (QED) is 0.745. The summed E-state index contributed by atoms with van der Waals surface area (Å²) in [4.78, 5) is 12.2. The number of benzene rings is 2. The van der Waals surface area contributed by atoms with E-state index in [4.69, 9.17) is 0 Å². The van der Waals surface area contributed by atoms with Gasteiger partial charge in [0.15, 0.2) is 0 Å². The first-order valence-electron chi connectivity index (χ1n) is 8.69. The molecule has 0 aliphatic heterocycles. The third kappa shape index (κ3) is 5.97. The van der Waals surface area contributed by atoms with Crippen molar-refractivity contribution < 1.29 is 13.2 Å². The molecule has 0 aromatic heterocycles. The topological polar surface area (TPSA) is 75.3 Å². The van der Waals surface area contributed by atoms with Crippen LogP contribution in [0, 0.1) is 6.92 Å². The Kier molecular flexibility index (Phi) is 6.94. The van der Waals surface area contributed by atoms with Crippen LogP contribution in [0.5, 0.6) is 0 Å². The maximum Gasteiger partial charge on any atom is 0.239 e. The van der Waals surface area contributed by atoms with Crippen molar-refractivity contribution in [2.24, 2.45) is 0 Å². The van der Waals surface area contributed by atoms with E-state index in [9.17, 15) is 13.2 Å². The summed E-state index contributed by atoms with van der Waals surface area (Å²) in [5.74, 6) is -0.163. The summed E-state index contributed by atoms with van der Waals surface area (Å²) < 4.78 is 26.6. The van der Waals surface area contributed by atoms with Gasteiger partial charge in [-0.15, -0.1) is 0 Å². The third-order valence-electron chi connectivity index (χ3n) is 4.15. The van der Waals surface area contributed by atoms with Crippen LogP contribution in [0.15, 0.2) is 48.5 Å². The van der Waals surface area contributed by atoms with Gasteiger partial charge >= 0.3 is 0 Å². The highest BCUT2D eigenvalue weighted by Gasteiger charge is 2.15. The van der Waals surface area contributed by atoms with E-state index in [0.717, 1.165) is 22.4 Å². The Morgan fingerprint density at radius 2 is 1.73 bits per heavy atom. The number of hydrogen-bond acceptors (Lipinski definition) is 3. The molecule has 0 heterocycles. The highest BCUT2D eigenvalue weighted by molar-refractivity contribution is 7.89. The molecule has 5 nitrogen and oxygen atoms in total. The number of rotatable bonds is 8. The van der Waals surface area contributed by atoms with Gasteiger partial charge in [0.1, 0.15) is 0 Å². The molecule has 0 unspecified atom stereocenters. The van der Waals surface area contributed by atoms with Crippen LogP contribution in [-0.4, -0.2) is 26.6 Å². The lowest BCUT2D eigenvalue weighted by Crippen LogP contribution is -2.35. The van der Waals surface area contributed by atoms with Crippen LogP contribution in [0.25, 0.3) is 0 Å². The van der Waals surface area contributed by atoms with E-state index in [1.807, 2.05) is 55.5 Å². The fourth-order valence-corrected chi connectivity index (χ4v) is 3.67. The molecule has 2 aromatic carbocycles. The van der Waals surface area contributed by atoms with Gasteiger partial charge in [-0.1, -0.05) is 62.4 Å². The second-order valence-electron chi connectivity index (χ2n) is 6.62. The van der Waals surface area contributed by atoms with Crippen LogP contribution in [0.3, 0.4) is 0 Å². The average Bonchev–Trinajstić information content (AvgIpc) is 2.61. The zero-order chi connectivity index (χ0) is 19.2. The Bertz CT molecular complexity index is 847. The van der Waals surface area contributed by atoms with Gasteiger partial charge in [-0.25, -0.2) is 13.1 Å². The van der Waals surface area contributed by atoms with Crippen LogP contribution in [0.2, 0.25) is 0 Å². The van der Waals surface area contributed by atoms with Gasteiger partial charge in [0.25, 0.3) is 0 Å². The summed E-state index contributed by atoms with van der Waals surface area (Å²) in [5.41, 5.74) is 3.70. The standard InChI is InChI=1S/C20H26N2O3S/c1-15(2)18-11-7-8-16(3)20(18)22-19(23)14-21-26(24,25)13-12-17-9-5-4-6-10-17/h4-11,15,21H,12-14H2,1-3H3,(H,22,23). The van der Waals surface area contributed by atoms with E-state index in [2.05, 4.69) is 23.9 Å². The van der Waals surface area contributed by atoms with Crippen molar-refractivity contribution in [3.8, 4) is 0 Å². The zero-order valence-corrected chi connectivity index (χ0v) is 16.3. The Hall–Kier alpha value is -2.18. The number of amides is 1. The number of carbonyl (C=O) groups is 1. The summed E-state index contributed by atoms with van der Waals surface area (Å²) in [6.45, 7) is 5.75. The molecular formula is C20H26N2O3S. The van der Waals surface area contributed by atoms with E-state index in [1.165, 1.54) is 0 Å². The summed E-state index contributed by atoms with van der Waals surface area (Å²) in [6, 6.07) is 15.2. The smallest absolute Gasteiger partial charge is 0.239 e. The molecule has 6 heteroatoms. The minimum Gasteiger partial charge on any atom is -0.324 e. The SMILES string of the molecule is Cc1cccc(C(C)C)c1NC(=O)CNS(=O)(=O)CCc1ccccc1. The number of sulfonamides is 1. The molecule has 2 rings (SSSR count). The Labute approximate surface area is 155 Å². The van der Waals surface area contributed by atoms with Gasteiger partial charge in [0, 0.05) is 5.69 Å². The maximum absolute atomic E-state index is 12.2. The Balaban J connectivity index is 1.92. The van der Waals surface area contributed by atoms with Gasteiger partial charge in [0.05, 0.1) is 12.3 Å². The molecule has 0 fully saturated rings. The predicted molar refractivity (Wildman–Crippen MR) is 106 cm³/mol. The second kappa shape index (κ2) is 8.96. The number of hydrogen-bond donors (Lipinski definition) is 2. The lowest BCUT2D eigenvalue weighted by Gasteiger charge is -2.16. The van der Waals surface area contributed by atoms with E-state index in [-0.39, 0.29) is 24.1 Å². The van der Waals surface area contributed by atoms with Crippen molar-refractivity contribution in [1.82, 2.24) is 4.72 Å². The fraction of sp³-hybridized carbons (Fsp3) is 0.350. The van der Waals surface area contributed by atoms with Gasteiger partial charge < -0.3 is 5.32 Å². The summed E-state index contributed by atoms with van der Waals surface area (Å²) in [7, 11) is -3.51. The van der Waals surface area contributed by atoms with E-state index >= 15 is 0 Å². The Morgan fingerprint density at radius 1 is 1.04 bits per heavy atom. The molecule has 2 aromatic rings. The number of nitrogens with one attached hydrogen (secondary N) is 2.